The smallest absolute Gasteiger partial charge is 0.273 e. The van der Waals surface area contributed by atoms with Crippen molar-refractivity contribution < 1.29 is 23.6 Å². The van der Waals surface area contributed by atoms with E-state index in [0.717, 1.165) is 11.1 Å². The summed E-state index contributed by atoms with van der Waals surface area (Å²) in [5, 5.41) is 11.5. The minimum Gasteiger partial charge on any atom is -0.446 e. The monoisotopic (exact) mass is 574 g/mol. The minimum absolute atomic E-state index is 0.123. The number of carbonyl (C=O) groups is 4. The molecular weight excluding hydrogens is 536 g/mol. The Morgan fingerprint density at radius 1 is 1.02 bits per heavy atom. The first-order valence-corrected chi connectivity index (χ1v) is 14.4. The molecule has 0 aliphatic carbocycles. The van der Waals surface area contributed by atoms with Crippen molar-refractivity contribution in [3.05, 3.63) is 83.8 Å². The van der Waals surface area contributed by atoms with Crippen LogP contribution in [0.1, 0.15) is 73.1 Å². The van der Waals surface area contributed by atoms with E-state index in [4.69, 9.17) is 4.42 Å². The molecule has 2 aromatic heterocycles. The van der Waals surface area contributed by atoms with Crippen molar-refractivity contribution in [1.29, 1.82) is 0 Å². The molecule has 0 radical (unpaired) electrons. The van der Waals surface area contributed by atoms with Crippen LogP contribution >= 0.6 is 0 Å². The highest BCUT2D eigenvalue weighted by Crippen LogP contribution is 2.22. The average Bonchev–Trinajstić information content (AvgIpc) is 3.48. The second-order valence-electron chi connectivity index (χ2n) is 10.8. The van der Waals surface area contributed by atoms with Gasteiger partial charge in [0.05, 0.1) is 0 Å². The lowest BCUT2D eigenvalue weighted by Gasteiger charge is -2.26. The van der Waals surface area contributed by atoms with Crippen molar-refractivity contribution in [1.82, 2.24) is 31.2 Å². The minimum atomic E-state index is -0.929. The Bertz CT molecular complexity index is 1340. The summed E-state index contributed by atoms with van der Waals surface area (Å²) in [7, 11) is 0. The molecule has 0 saturated carbocycles. The van der Waals surface area contributed by atoms with Crippen molar-refractivity contribution in [2.75, 3.05) is 6.54 Å². The summed E-state index contributed by atoms with van der Waals surface area (Å²) in [6.45, 7) is 4.16. The third kappa shape index (κ3) is 8.73. The molecule has 4 amide bonds. The number of aromatic nitrogens is 2. The zero-order chi connectivity index (χ0) is 29.9. The number of oxazole rings is 1. The summed E-state index contributed by atoms with van der Waals surface area (Å²) in [6, 6.07) is 10.7. The Hall–Kier alpha value is -4.54. The van der Waals surface area contributed by atoms with Gasteiger partial charge in [-0.2, -0.15) is 0 Å². The molecule has 3 atom stereocenters. The summed E-state index contributed by atoms with van der Waals surface area (Å²) in [5.41, 5.74) is 1.91. The number of nitrogens with zero attached hydrogens (tertiary/aromatic N) is 2. The number of amides is 4. The number of carbonyl (C=O) groups excluding carboxylic acids is 4. The molecule has 11 nitrogen and oxygen atoms in total. The third-order valence-corrected chi connectivity index (χ3v) is 7.12. The van der Waals surface area contributed by atoms with Gasteiger partial charge in [-0.25, -0.2) is 4.98 Å². The lowest BCUT2D eigenvalue weighted by atomic mass is 10.0. The molecule has 1 aliphatic rings. The van der Waals surface area contributed by atoms with E-state index in [0.29, 0.717) is 32.2 Å². The van der Waals surface area contributed by atoms with Crippen LogP contribution in [0.2, 0.25) is 0 Å². The van der Waals surface area contributed by atoms with Crippen molar-refractivity contribution in [3.63, 3.8) is 0 Å². The third-order valence-electron chi connectivity index (χ3n) is 7.12. The highest BCUT2D eigenvalue weighted by atomic mass is 16.3. The van der Waals surface area contributed by atoms with E-state index >= 15 is 0 Å². The topological polar surface area (TPSA) is 155 Å². The molecule has 3 aromatic rings. The molecule has 222 valence electrons. The first-order valence-electron chi connectivity index (χ1n) is 14.4. The molecule has 42 heavy (non-hydrogen) atoms. The zero-order valence-corrected chi connectivity index (χ0v) is 24.0. The van der Waals surface area contributed by atoms with E-state index < -0.39 is 29.9 Å². The van der Waals surface area contributed by atoms with Gasteiger partial charge in [-0.15, -0.1) is 0 Å². The summed E-state index contributed by atoms with van der Waals surface area (Å²) < 4.78 is 5.60. The SMILES string of the molecule is CC(C)[C@@H]1NC(=O)[C@H](Cc2ccccc2)NC(=O)[C@@H](NC(=O)CCc2cccnc2)CCCCNC(=O)c2coc1n2. The van der Waals surface area contributed by atoms with Crippen LogP contribution in [0.4, 0.5) is 0 Å². The molecule has 1 aromatic carbocycles. The Morgan fingerprint density at radius 2 is 1.81 bits per heavy atom. The van der Waals surface area contributed by atoms with Crippen LogP contribution in [-0.4, -0.2) is 52.2 Å². The summed E-state index contributed by atoms with van der Waals surface area (Å²) in [6.07, 6.45) is 7.03. The van der Waals surface area contributed by atoms with E-state index in [1.807, 2.05) is 56.3 Å². The molecule has 11 heteroatoms. The van der Waals surface area contributed by atoms with Crippen LogP contribution in [0.15, 0.2) is 65.5 Å². The maximum Gasteiger partial charge on any atom is 0.273 e. The van der Waals surface area contributed by atoms with Crippen molar-refractivity contribution in [3.8, 4) is 0 Å². The van der Waals surface area contributed by atoms with E-state index in [2.05, 4.69) is 31.2 Å². The van der Waals surface area contributed by atoms with Gasteiger partial charge in [-0.1, -0.05) is 50.2 Å². The van der Waals surface area contributed by atoms with Gasteiger partial charge in [0.1, 0.15) is 24.4 Å². The van der Waals surface area contributed by atoms with E-state index in [9.17, 15) is 19.2 Å². The molecule has 0 saturated heterocycles. The zero-order valence-electron chi connectivity index (χ0n) is 24.0. The van der Waals surface area contributed by atoms with Crippen LogP contribution < -0.4 is 21.3 Å². The number of hydrogen-bond donors (Lipinski definition) is 4. The molecule has 4 rings (SSSR count). The van der Waals surface area contributed by atoms with Gasteiger partial charge in [-0.05, 0) is 48.8 Å². The second-order valence-corrected chi connectivity index (χ2v) is 10.8. The van der Waals surface area contributed by atoms with Gasteiger partial charge in [0, 0.05) is 31.8 Å². The van der Waals surface area contributed by atoms with Gasteiger partial charge in [-0.3, -0.25) is 24.2 Å². The lowest BCUT2D eigenvalue weighted by Crippen LogP contribution is -2.55. The van der Waals surface area contributed by atoms with E-state index in [1.54, 1.807) is 12.4 Å². The highest BCUT2D eigenvalue weighted by Gasteiger charge is 2.31. The van der Waals surface area contributed by atoms with Crippen LogP contribution in [0, 0.1) is 5.92 Å². The van der Waals surface area contributed by atoms with Gasteiger partial charge in [0.25, 0.3) is 5.91 Å². The quantitative estimate of drug-likeness (QED) is 0.338. The molecule has 0 unspecified atom stereocenters. The van der Waals surface area contributed by atoms with Crippen molar-refractivity contribution in [2.45, 2.75) is 70.5 Å². The molecule has 3 heterocycles. The highest BCUT2D eigenvalue weighted by molar-refractivity contribution is 5.93. The van der Waals surface area contributed by atoms with Crippen LogP contribution in [0.5, 0.6) is 0 Å². The predicted octanol–water partition coefficient (Wildman–Crippen LogP) is 2.64. The first-order chi connectivity index (χ1) is 20.3. The normalized spacial score (nSPS) is 20.4. The van der Waals surface area contributed by atoms with Crippen LogP contribution in [0.25, 0.3) is 0 Å². The largest absolute Gasteiger partial charge is 0.446 e. The Labute approximate surface area is 245 Å². The number of fused-ring (bicyclic) bond motifs is 2. The Kier molecular flexibility index (Phi) is 10.8. The molecule has 1 aliphatic heterocycles. The molecular formula is C31H38N6O5. The Balaban J connectivity index is 1.56. The maximum absolute atomic E-state index is 13.7. The van der Waals surface area contributed by atoms with E-state index in [-0.39, 0.29) is 42.2 Å². The summed E-state index contributed by atoms with van der Waals surface area (Å²) >= 11 is 0. The number of pyridine rings is 1. The van der Waals surface area contributed by atoms with Gasteiger partial charge < -0.3 is 25.7 Å². The number of aryl methyl sites for hydroxylation is 1. The molecule has 2 bridgehead atoms. The molecule has 0 spiro atoms. The number of nitrogens with one attached hydrogen (secondary N) is 4. The van der Waals surface area contributed by atoms with Gasteiger partial charge in [0.2, 0.25) is 23.6 Å². The van der Waals surface area contributed by atoms with Crippen molar-refractivity contribution >= 4 is 23.6 Å². The fraction of sp³-hybridized carbons (Fsp3) is 0.419. The van der Waals surface area contributed by atoms with Crippen LogP contribution in [-0.2, 0) is 27.2 Å². The molecule has 4 N–H and O–H groups in total. The summed E-state index contributed by atoms with van der Waals surface area (Å²) in [5.74, 6) is -1.45. The first kappa shape index (κ1) is 30.4. The number of hydrogen-bond acceptors (Lipinski definition) is 7. The summed E-state index contributed by atoms with van der Waals surface area (Å²) in [4.78, 5) is 61.2. The second kappa shape index (κ2) is 14.9. The predicted molar refractivity (Wildman–Crippen MR) is 155 cm³/mol. The number of benzene rings is 1. The van der Waals surface area contributed by atoms with E-state index in [1.165, 1.54) is 6.26 Å². The Morgan fingerprint density at radius 3 is 2.55 bits per heavy atom. The maximum atomic E-state index is 13.7. The fourth-order valence-corrected chi connectivity index (χ4v) is 4.74. The average molecular weight is 575 g/mol. The lowest BCUT2D eigenvalue weighted by molar-refractivity contribution is -0.132. The fourth-order valence-electron chi connectivity index (χ4n) is 4.74. The van der Waals surface area contributed by atoms with Crippen LogP contribution in [0.3, 0.4) is 0 Å². The molecule has 0 fully saturated rings. The van der Waals surface area contributed by atoms with Gasteiger partial charge in [0.15, 0.2) is 5.69 Å². The van der Waals surface area contributed by atoms with Crippen molar-refractivity contribution in [2.24, 2.45) is 5.92 Å². The standard InChI is InChI=1S/C31H38N6O5/c1-20(2)27-31-36-25(19-42-31)28(39)33-16-7-6-12-23(34-26(38)14-13-22-11-8-15-32-18-22)29(40)35-24(30(41)37-27)17-21-9-4-3-5-10-21/h3-5,8-11,15,18-20,23-24,27H,6-7,12-14,16-17H2,1-2H3,(H,33,39)(H,34,38)(H,35,40)(H,37,41)/t23-,24-,27-/m0/s1. The van der Waals surface area contributed by atoms with Gasteiger partial charge >= 0.3 is 0 Å². The number of rotatable bonds is 7.